The summed E-state index contributed by atoms with van der Waals surface area (Å²) in [4.78, 5) is 1.03. The monoisotopic (exact) mass is 307 g/mol. The topological polar surface area (TPSA) is 29.1 Å². The van der Waals surface area contributed by atoms with Crippen molar-refractivity contribution in [2.75, 3.05) is 6.54 Å². The molecule has 3 unspecified atom stereocenters. The van der Waals surface area contributed by atoms with Crippen LogP contribution in [0.4, 0.5) is 0 Å². The number of rotatable bonds is 5. The number of aryl methyl sites for hydroxylation is 2. The zero-order valence-electron chi connectivity index (χ0n) is 14.0. The quantitative estimate of drug-likeness (QED) is 0.892. The van der Waals surface area contributed by atoms with Crippen molar-refractivity contribution in [2.45, 2.75) is 70.1 Å². The highest BCUT2D eigenvalue weighted by atomic mass is 32.2. The van der Waals surface area contributed by atoms with E-state index < -0.39 is 10.8 Å². The smallest absolute Gasteiger partial charge is 0.0579 e. The average molecular weight is 308 g/mol. The lowest BCUT2D eigenvalue weighted by Gasteiger charge is -2.31. The fraction of sp³-hybridized carbons (Fsp3) is 0.667. The summed E-state index contributed by atoms with van der Waals surface area (Å²) in [5, 5.41) is 3.89. The van der Waals surface area contributed by atoms with Crippen LogP contribution in [0, 0.1) is 19.3 Å². The second-order valence-electron chi connectivity index (χ2n) is 7.06. The third-order valence-electron chi connectivity index (χ3n) is 4.74. The van der Waals surface area contributed by atoms with Gasteiger partial charge in [-0.05, 0) is 62.3 Å². The summed E-state index contributed by atoms with van der Waals surface area (Å²) in [6.45, 7) is 12.0. The van der Waals surface area contributed by atoms with Gasteiger partial charge in [0.25, 0.3) is 0 Å². The van der Waals surface area contributed by atoms with Crippen LogP contribution in [0.5, 0.6) is 0 Å². The highest BCUT2D eigenvalue weighted by Crippen LogP contribution is 2.41. The van der Waals surface area contributed by atoms with Crippen LogP contribution < -0.4 is 5.32 Å². The second kappa shape index (κ2) is 6.62. The normalized spacial score (nSPS) is 26.0. The van der Waals surface area contributed by atoms with Crippen molar-refractivity contribution in [3.05, 3.63) is 29.3 Å². The van der Waals surface area contributed by atoms with Crippen LogP contribution in [-0.2, 0) is 10.8 Å². The third-order valence-corrected chi connectivity index (χ3v) is 6.67. The molecule has 3 atom stereocenters. The Bertz CT molecular complexity index is 524. The van der Waals surface area contributed by atoms with E-state index in [4.69, 9.17) is 0 Å². The lowest BCUT2D eigenvalue weighted by Crippen LogP contribution is -2.46. The minimum atomic E-state index is -0.923. The van der Waals surface area contributed by atoms with E-state index in [2.05, 4.69) is 58.1 Å². The van der Waals surface area contributed by atoms with Gasteiger partial charge >= 0.3 is 0 Å². The van der Waals surface area contributed by atoms with E-state index in [9.17, 15) is 4.21 Å². The van der Waals surface area contributed by atoms with Crippen LogP contribution in [-0.4, -0.2) is 22.0 Å². The molecule has 1 aliphatic carbocycles. The van der Waals surface area contributed by atoms with E-state index in [1.165, 1.54) is 5.56 Å². The molecule has 1 aliphatic rings. The van der Waals surface area contributed by atoms with Gasteiger partial charge in [-0.1, -0.05) is 32.9 Å². The molecule has 0 amide bonds. The maximum atomic E-state index is 13.2. The maximum Gasteiger partial charge on any atom is 0.0579 e. The van der Waals surface area contributed by atoms with E-state index in [1.54, 1.807) is 0 Å². The molecule has 21 heavy (non-hydrogen) atoms. The molecular weight excluding hydrogens is 278 g/mol. The van der Waals surface area contributed by atoms with E-state index in [0.29, 0.717) is 6.04 Å². The van der Waals surface area contributed by atoms with Crippen LogP contribution in [0.15, 0.2) is 23.1 Å². The van der Waals surface area contributed by atoms with Gasteiger partial charge in [0.15, 0.2) is 0 Å². The highest BCUT2D eigenvalue weighted by molar-refractivity contribution is 7.85. The van der Waals surface area contributed by atoms with Crippen molar-refractivity contribution in [2.24, 2.45) is 5.41 Å². The van der Waals surface area contributed by atoms with Gasteiger partial charge in [-0.25, -0.2) is 0 Å². The predicted octanol–water partition coefficient (Wildman–Crippen LogP) is 3.97. The molecule has 1 aromatic rings. The van der Waals surface area contributed by atoms with Crippen molar-refractivity contribution in [3.63, 3.8) is 0 Å². The first-order valence-corrected chi connectivity index (χ1v) is 9.29. The Kier molecular flexibility index (Phi) is 5.26. The summed E-state index contributed by atoms with van der Waals surface area (Å²) in [6.07, 6.45) is 3.32. The van der Waals surface area contributed by atoms with Gasteiger partial charge in [-0.2, -0.15) is 0 Å². The summed E-state index contributed by atoms with van der Waals surface area (Å²) in [6, 6.07) is 6.64. The Morgan fingerprint density at radius 1 is 1.33 bits per heavy atom. The number of benzene rings is 1. The molecule has 0 aliphatic heterocycles. The summed E-state index contributed by atoms with van der Waals surface area (Å²) < 4.78 is 13.2. The van der Waals surface area contributed by atoms with Crippen LogP contribution in [0.2, 0.25) is 0 Å². The standard InChI is InChI=1S/C18H29NOS/c1-6-11-19-17-15(9-10-18(17,4)5)21(20)16-12-13(2)7-8-14(16)3/h7-8,12,15,17,19H,6,9-11H2,1-5H3. The third kappa shape index (κ3) is 3.57. The molecule has 1 saturated carbocycles. The zero-order chi connectivity index (χ0) is 15.6. The van der Waals surface area contributed by atoms with Crippen molar-refractivity contribution >= 4 is 10.8 Å². The van der Waals surface area contributed by atoms with Crippen molar-refractivity contribution < 1.29 is 4.21 Å². The molecule has 2 nitrogen and oxygen atoms in total. The van der Waals surface area contributed by atoms with Crippen molar-refractivity contribution in [1.29, 1.82) is 0 Å². The molecule has 1 fully saturated rings. The lowest BCUT2D eigenvalue weighted by molar-refractivity contribution is 0.286. The van der Waals surface area contributed by atoms with Gasteiger partial charge < -0.3 is 5.32 Å². The molecule has 0 saturated heterocycles. The van der Waals surface area contributed by atoms with Gasteiger partial charge in [0.05, 0.1) is 16.0 Å². The van der Waals surface area contributed by atoms with E-state index in [1.807, 2.05) is 0 Å². The molecule has 3 heteroatoms. The zero-order valence-corrected chi connectivity index (χ0v) is 14.8. The summed E-state index contributed by atoms with van der Waals surface area (Å²) in [7, 11) is -0.923. The van der Waals surface area contributed by atoms with Crippen LogP contribution in [0.25, 0.3) is 0 Å². The molecule has 1 N–H and O–H groups in total. The minimum absolute atomic E-state index is 0.229. The largest absolute Gasteiger partial charge is 0.312 e. The summed E-state index contributed by atoms with van der Waals surface area (Å²) in [5.41, 5.74) is 2.57. The molecule has 1 aromatic carbocycles. The minimum Gasteiger partial charge on any atom is -0.312 e. The van der Waals surface area contributed by atoms with Gasteiger partial charge in [0, 0.05) is 10.9 Å². The fourth-order valence-electron chi connectivity index (χ4n) is 3.37. The van der Waals surface area contributed by atoms with E-state index >= 15 is 0 Å². The average Bonchev–Trinajstić information content (AvgIpc) is 2.73. The lowest BCUT2D eigenvalue weighted by atomic mass is 9.87. The van der Waals surface area contributed by atoms with E-state index in [-0.39, 0.29) is 10.7 Å². The Labute approximate surface area is 132 Å². The van der Waals surface area contributed by atoms with Crippen molar-refractivity contribution in [3.8, 4) is 0 Å². The summed E-state index contributed by atoms with van der Waals surface area (Å²) in [5.74, 6) is 0. The molecule has 0 spiro atoms. The van der Waals surface area contributed by atoms with Crippen LogP contribution in [0.1, 0.15) is 51.2 Å². The van der Waals surface area contributed by atoms with Gasteiger partial charge in [-0.3, -0.25) is 4.21 Å². The molecule has 0 bridgehead atoms. The molecule has 0 aromatic heterocycles. The Hall–Kier alpha value is -0.670. The number of hydrogen-bond acceptors (Lipinski definition) is 2. The van der Waals surface area contributed by atoms with Crippen molar-refractivity contribution in [1.82, 2.24) is 5.32 Å². The highest BCUT2D eigenvalue weighted by Gasteiger charge is 2.44. The number of nitrogens with one attached hydrogen (secondary N) is 1. The summed E-state index contributed by atoms with van der Waals surface area (Å²) >= 11 is 0. The Morgan fingerprint density at radius 3 is 2.71 bits per heavy atom. The SMILES string of the molecule is CCCNC1C(S(=O)c2cc(C)ccc2C)CCC1(C)C. The Balaban J connectivity index is 2.26. The molecule has 118 valence electrons. The van der Waals surface area contributed by atoms with Crippen LogP contribution >= 0.6 is 0 Å². The first-order valence-electron chi connectivity index (χ1n) is 8.08. The molecular formula is C18H29NOS. The first-order chi connectivity index (χ1) is 9.86. The number of hydrogen-bond donors (Lipinski definition) is 1. The maximum absolute atomic E-state index is 13.2. The predicted molar refractivity (Wildman–Crippen MR) is 91.2 cm³/mol. The molecule has 2 rings (SSSR count). The van der Waals surface area contributed by atoms with E-state index in [0.717, 1.165) is 36.3 Å². The van der Waals surface area contributed by atoms with Gasteiger partial charge in [0.1, 0.15) is 0 Å². The van der Waals surface area contributed by atoms with Gasteiger partial charge in [0.2, 0.25) is 0 Å². The molecule has 0 heterocycles. The van der Waals surface area contributed by atoms with Gasteiger partial charge in [-0.15, -0.1) is 0 Å². The Morgan fingerprint density at radius 2 is 2.05 bits per heavy atom. The fourth-order valence-corrected chi connectivity index (χ4v) is 5.42. The first kappa shape index (κ1) is 16.7. The second-order valence-corrected chi connectivity index (χ2v) is 8.70. The van der Waals surface area contributed by atoms with Crippen LogP contribution in [0.3, 0.4) is 0 Å². The molecule has 0 radical (unpaired) electrons.